The van der Waals surface area contributed by atoms with Gasteiger partial charge in [-0.05, 0) is 42.9 Å². The number of carboxylic acid groups (broad SMARTS) is 1. The van der Waals surface area contributed by atoms with E-state index in [1.54, 1.807) is 10.5 Å². The summed E-state index contributed by atoms with van der Waals surface area (Å²) in [6, 6.07) is 5.39. The second-order valence-electron chi connectivity index (χ2n) is 10.7. The van der Waals surface area contributed by atoms with Crippen molar-refractivity contribution in [3.05, 3.63) is 57.3 Å². The molecular weight excluding hydrogens is 526 g/mol. The standard InChI is InChI=1S/C27H29N3O6S2/c1-15(2)22-7-17-8-25(36-14-16-11-29(12-16)38(34,35)18-3-4-18)20(26-28-5-6-37-26)9-19(17)23-10-24(31)21(27(32)33)13-30(22)23/h5-6,8-10,13,15-16,18,22H,3-4,7,11-12,14H2,1-2H3,(H,32,33). The lowest BCUT2D eigenvalue weighted by atomic mass is 9.86. The summed E-state index contributed by atoms with van der Waals surface area (Å²) < 4.78 is 34.7. The molecule has 2 aliphatic heterocycles. The molecule has 3 aliphatic rings. The Hall–Kier alpha value is -3.02. The van der Waals surface area contributed by atoms with E-state index in [-0.39, 0.29) is 28.7 Å². The second kappa shape index (κ2) is 9.32. The first-order valence-corrected chi connectivity index (χ1v) is 15.2. The minimum absolute atomic E-state index is 0.0254. The number of pyridine rings is 1. The molecule has 0 spiro atoms. The second-order valence-corrected chi connectivity index (χ2v) is 13.9. The molecule has 1 atom stereocenters. The molecule has 0 amide bonds. The molecule has 1 saturated carbocycles. The van der Waals surface area contributed by atoms with Crippen molar-refractivity contribution in [3.63, 3.8) is 0 Å². The summed E-state index contributed by atoms with van der Waals surface area (Å²) in [6.07, 6.45) is 5.38. The van der Waals surface area contributed by atoms with Crippen LogP contribution < -0.4 is 10.2 Å². The van der Waals surface area contributed by atoms with Crippen LogP contribution in [0.3, 0.4) is 0 Å². The summed E-state index contributed by atoms with van der Waals surface area (Å²) in [5.74, 6) is -0.225. The number of carbonyl (C=O) groups is 1. The van der Waals surface area contributed by atoms with E-state index in [9.17, 15) is 23.1 Å². The van der Waals surface area contributed by atoms with Gasteiger partial charge in [0.1, 0.15) is 16.3 Å². The van der Waals surface area contributed by atoms with Gasteiger partial charge in [-0.1, -0.05) is 13.8 Å². The van der Waals surface area contributed by atoms with Gasteiger partial charge < -0.3 is 14.4 Å². The Morgan fingerprint density at radius 1 is 1.21 bits per heavy atom. The number of rotatable bonds is 8. The maximum absolute atomic E-state index is 12.7. The molecule has 1 unspecified atom stereocenters. The van der Waals surface area contributed by atoms with E-state index in [0.29, 0.717) is 37.6 Å². The normalized spacial score (nSPS) is 19.6. The Labute approximate surface area is 224 Å². The summed E-state index contributed by atoms with van der Waals surface area (Å²) in [5.41, 5.74) is 2.60. The Morgan fingerprint density at radius 2 is 1.97 bits per heavy atom. The third-order valence-corrected chi connectivity index (χ3v) is 10.9. The van der Waals surface area contributed by atoms with Gasteiger partial charge in [-0.15, -0.1) is 11.3 Å². The number of aromatic nitrogens is 2. The Morgan fingerprint density at radius 3 is 2.61 bits per heavy atom. The van der Waals surface area contributed by atoms with E-state index < -0.39 is 21.4 Å². The molecule has 1 N–H and O–H groups in total. The van der Waals surface area contributed by atoms with Crippen molar-refractivity contribution in [1.82, 2.24) is 13.9 Å². The van der Waals surface area contributed by atoms with Gasteiger partial charge in [0, 0.05) is 54.5 Å². The number of fused-ring (bicyclic) bond motifs is 3. The average Bonchev–Trinajstić information content (AvgIpc) is 3.57. The maximum atomic E-state index is 12.7. The molecule has 1 saturated heterocycles. The highest BCUT2D eigenvalue weighted by Gasteiger charge is 2.45. The lowest BCUT2D eigenvalue weighted by Crippen LogP contribution is -2.52. The maximum Gasteiger partial charge on any atom is 0.341 e. The fourth-order valence-electron chi connectivity index (χ4n) is 5.37. The predicted octanol–water partition coefficient (Wildman–Crippen LogP) is 3.89. The van der Waals surface area contributed by atoms with Crippen molar-refractivity contribution >= 4 is 27.3 Å². The fraction of sp³-hybridized carbons (Fsp3) is 0.444. The molecule has 4 heterocycles. The molecule has 0 radical (unpaired) electrons. The van der Waals surface area contributed by atoms with Gasteiger partial charge in [0.15, 0.2) is 5.43 Å². The highest BCUT2D eigenvalue weighted by molar-refractivity contribution is 7.90. The van der Waals surface area contributed by atoms with Gasteiger partial charge in [-0.3, -0.25) is 4.79 Å². The predicted molar refractivity (Wildman–Crippen MR) is 144 cm³/mol. The fourth-order valence-corrected chi connectivity index (χ4v) is 8.02. The molecule has 3 aromatic rings. The molecule has 1 aromatic carbocycles. The zero-order chi connectivity index (χ0) is 26.8. The highest BCUT2D eigenvalue weighted by Crippen LogP contribution is 2.44. The molecular formula is C27H29N3O6S2. The Bertz CT molecular complexity index is 1570. The third kappa shape index (κ3) is 4.36. The summed E-state index contributed by atoms with van der Waals surface area (Å²) in [4.78, 5) is 28.8. The number of ether oxygens (including phenoxy) is 1. The quantitative estimate of drug-likeness (QED) is 0.448. The van der Waals surface area contributed by atoms with Crippen LogP contribution in [-0.4, -0.2) is 58.3 Å². The smallest absolute Gasteiger partial charge is 0.341 e. The Balaban J connectivity index is 1.34. The van der Waals surface area contributed by atoms with Crippen LogP contribution in [-0.2, 0) is 16.4 Å². The van der Waals surface area contributed by atoms with Crippen LogP contribution in [0.2, 0.25) is 0 Å². The number of carboxylic acids is 1. The number of aromatic carboxylic acids is 1. The molecule has 200 valence electrons. The molecule has 38 heavy (non-hydrogen) atoms. The lowest BCUT2D eigenvalue weighted by molar-refractivity contribution is 0.0694. The van der Waals surface area contributed by atoms with Gasteiger partial charge in [-0.25, -0.2) is 22.5 Å². The van der Waals surface area contributed by atoms with Crippen LogP contribution in [0.25, 0.3) is 21.8 Å². The minimum atomic E-state index is -3.15. The van der Waals surface area contributed by atoms with E-state index in [1.165, 1.54) is 23.6 Å². The SMILES string of the molecule is CC(C)C1Cc2cc(OCC3CN(S(=O)(=O)C4CC4)C3)c(-c3nccs3)cc2-c2cc(=O)c(C(=O)O)cn21. The molecule has 0 bridgehead atoms. The summed E-state index contributed by atoms with van der Waals surface area (Å²) in [7, 11) is -3.15. The van der Waals surface area contributed by atoms with Crippen LogP contribution in [0.4, 0.5) is 0 Å². The van der Waals surface area contributed by atoms with Crippen LogP contribution >= 0.6 is 11.3 Å². The van der Waals surface area contributed by atoms with E-state index in [2.05, 4.69) is 18.8 Å². The van der Waals surface area contributed by atoms with E-state index in [0.717, 1.165) is 34.5 Å². The molecule has 6 rings (SSSR count). The van der Waals surface area contributed by atoms with Crippen molar-refractivity contribution in [1.29, 1.82) is 0 Å². The zero-order valence-electron chi connectivity index (χ0n) is 21.2. The summed E-state index contributed by atoms with van der Waals surface area (Å²) in [6.45, 7) is 5.52. The van der Waals surface area contributed by atoms with Gasteiger partial charge in [-0.2, -0.15) is 0 Å². The molecule has 11 heteroatoms. The number of thiazole rings is 1. The van der Waals surface area contributed by atoms with Gasteiger partial charge in [0.25, 0.3) is 0 Å². The number of sulfonamides is 1. The number of nitrogens with zero attached hydrogens (tertiary/aromatic N) is 3. The van der Waals surface area contributed by atoms with Crippen molar-refractivity contribution in [3.8, 4) is 27.6 Å². The first-order valence-electron chi connectivity index (χ1n) is 12.8. The van der Waals surface area contributed by atoms with Crippen LogP contribution in [0, 0.1) is 11.8 Å². The number of hydrogen-bond donors (Lipinski definition) is 1. The van der Waals surface area contributed by atoms with Crippen LogP contribution in [0.15, 0.2) is 40.8 Å². The zero-order valence-corrected chi connectivity index (χ0v) is 22.8. The van der Waals surface area contributed by atoms with E-state index in [1.807, 2.05) is 22.1 Å². The largest absolute Gasteiger partial charge is 0.492 e. The van der Waals surface area contributed by atoms with Gasteiger partial charge in [0.05, 0.1) is 23.1 Å². The topological polar surface area (TPSA) is 119 Å². The van der Waals surface area contributed by atoms with Crippen molar-refractivity contribution in [2.75, 3.05) is 19.7 Å². The average molecular weight is 556 g/mol. The van der Waals surface area contributed by atoms with Crippen molar-refractivity contribution < 1.29 is 23.1 Å². The summed E-state index contributed by atoms with van der Waals surface area (Å²) >= 11 is 1.48. The van der Waals surface area contributed by atoms with Crippen LogP contribution in [0.1, 0.15) is 48.7 Å². The minimum Gasteiger partial charge on any atom is -0.492 e. The molecule has 1 aliphatic carbocycles. The van der Waals surface area contributed by atoms with Crippen LogP contribution in [0.5, 0.6) is 5.75 Å². The first kappa shape index (κ1) is 25.3. The number of hydrogen-bond acceptors (Lipinski definition) is 7. The van der Waals surface area contributed by atoms with Crippen molar-refractivity contribution in [2.45, 2.75) is 44.4 Å². The molecule has 2 fully saturated rings. The highest BCUT2D eigenvalue weighted by atomic mass is 32.2. The molecule has 2 aromatic heterocycles. The Kier molecular flexibility index (Phi) is 6.20. The van der Waals surface area contributed by atoms with Gasteiger partial charge >= 0.3 is 5.97 Å². The van der Waals surface area contributed by atoms with E-state index >= 15 is 0 Å². The van der Waals surface area contributed by atoms with Gasteiger partial charge in [0.2, 0.25) is 10.0 Å². The first-order chi connectivity index (χ1) is 18.1. The monoisotopic (exact) mass is 555 g/mol. The third-order valence-electron chi connectivity index (χ3n) is 7.71. The molecule has 9 nitrogen and oxygen atoms in total. The lowest BCUT2D eigenvalue weighted by Gasteiger charge is -2.38. The summed E-state index contributed by atoms with van der Waals surface area (Å²) in [5, 5.41) is 12.0. The number of benzene rings is 1. The van der Waals surface area contributed by atoms with Crippen molar-refractivity contribution in [2.24, 2.45) is 11.8 Å². The van der Waals surface area contributed by atoms with E-state index in [4.69, 9.17) is 4.74 Å².